The highest BCUT2D eigenvalue weighted by molar-refractivity contribution is 6.00. The van der Waals surface area contributed by atoms with Gasteiger partial charge in [-0.1, -0.05) is 0 Å². The first-order chi connectivity index (χ1) is 9.11. The molecule has 1 aromatic heterocycles. The van der Waals surface area contributed by atoms with Crippen molar-refractivity contribution >= 4 is 11.7 Å². The van der Waals surface area contributed by atoms with E-state index in [9.17, 15) is 5.11 Å². The molecule has 1 fully saturated rings. The van der Waals surface area contributed by atoms with Crippen molar-refractivity contribution in [1.29, 1.82) is 5.41 Å². The molecule has 4 N–H and O–H groups in total. The maximum atomic E-state index is 9.77. The Morgan fingerprint density at radius 1 is 1.63 bits per heavy atom. The highest BCUT2D eigenvalue weighted by Gasteiger charge is 2.36. The van der Waals surface area contributed by atoms with Gasteiger partial charge in [0.05, 0.1) is 25.7 Å². The Kier molecular flexibility index (Phi) is 2.92. The second kappa shape index (κ2) is 4.48. The third-order valence-electron chi connectivity index (χ3n) is 3.58. The van der Waals surface area contributed by atoms with Gasteiger partial charge in [-0.15, -0.1) is 0 Å². The van der Waals surface area contributed by atoms with Crippen LogP contribution in [0.25, 0.3) is 0 Å². The smallest absolute Gasteiger partial charge is 0.152 e. The molecule has 0 saturated carbocycles. The molecule has 3 rings (SSSR count). The lowest BCUT2D eigenvalue weighted by Crippen LogP contribution is -2.37. The number of aliphatic hydroxyl groups excluding tert-OH is 2. The Balaban J connectivity index is 1.88. The zero-order chi connectivity index (χ0) is 13.6. The number of rotatable bonds is 2. The van der Waals surface area contributed by atoms with Crippen molar-refractivity contribution in [3.05, 3.63) is 12.0 Å². The highest BCUT2D eigenvalue weighted by atomic mass is 16.5. The Labute approximate surface area is 110 Å². The van der Waals surface area contributed by atoms with Gasteiger partial charge in [-0.05, 0) is 0 Å². The van der Waals surface area contributed by atoms with Crippen molar-refractivity contribution in [3.63, 3.8) is 0 Å². The lowest BCUT2D eigenvalue weighted by molar-refractivity contribution is -0.0437. The molecule has 104 valence electrons. The van der Waals surface area contributed by atoms with Crippen LogP contribution >= 0.6 is 0 Å². The molecule has 1 saturated heterocycles. The molecule has 8 nitrogen and oxygen atoms in total. The largest absolute Gasteiger partial charge is 0.394 e. The molecule has 0 bridgehead atoms. The van der Waals surface area contributed by atoms with Crippen LogP contribution in [0.1, 0.15) is 18.3 Å². The number of imidazole rings is 1. The standard InChI is InChI=1S/C11H17N5O3/c1-15-4-14-11-9(10(15)12)13-5-16(11)8-2-6(18)7(3-17)19-8/h5-8,12,14,17-18H,2-4H2,1H3/t6-,7+,8+/m0/s1. The molecule has 0 aliphatic carbocycles. The fourth-order valence-electron chi connectivity index (χ4n) is 2.43. The number of aromatic nitrogens is 2. The fourth-order valence-corrected chi connectivity index (χ4v) is 2.43. The lowest BCUT2D eigenvalue weighted by atomic mass is 10.2. The molecule has 0 aromatic carbocycles. The summed E-state index contributed by atoms with van der Waals surface area (Å²) in [6.07, 6.45) is 0.390. The van der Waals surface area contributed by atoms with E-state index in [1.807, 2.05) is 7.05 Å². The minimum absolute atomic E-state index is 0.208. The molecule has 0 radical (unpaired) electrons. The summed E-state index contributed by atoms with van der Waals surface area (Å²) in [6, 6.07) is 0. The van der Waals surface area contributed by atoms with E-state index in [1.165, 1.54) is 0 Å². The predicted molar refractivity (Wildman–Crippen MR) is 66.9 cm³/mol. The number of nitrogens with zero attached hydrogens (tertiary/aromatic N) is 3. The van der Waals surface area contributed by atoms with Crippen LogP contribution in [-0.4, -0.2) is 63.0 Å². The minimum Gasteiger partial charge on any atom is -0.394 e. The summed E-state index contributed by atoms with van der Waals surface area (Å²) in [6.45, 7) is 0.316. The average Bonchev–Trinajstić information content (AvgIpc) is 2.97. The highest BCUT2D eigenvalue weighted by Crippen LogP contribution is 2.33. The summed E-state index contributed by atoms with van der Waals surface area (Å²) in [5.74, 6) is 1.07. The van der Waals surface area contributed by atoms with E-state index >= 15 is 0 Å². The fraction of sp³-hybridized carbons (Fsp3) is 0.636. The first-order valence-electron chi connectivity index (χ1n) is 6.17. The zero-order valence-corrected chi connectivity index (χ0v) is 10.6. The maximum Gasteiger partial charge on any atom is 0.152 e. The van der Waals surface area contributed by atoms with Gasteiger partial charge >= 0.3 is 0 Å². The quantitative estimate of drug-likeness (QED) is 0.557. The Hall–Kier alpha value is -1.64. The minimum atomic E-state index is -0.682. The molecule has 19 heavy (non-hydrogen) atoms. The van der Waals surface area contributed by atoms with E-state index in [0.29, 0.717) is 24.6 Å². The van der Waals surface area contributed by atoms with Gasteiger partial charge in [0.1, 0.15) is 23.8 Å². The van der Waals surface area contributed by atoms with Crippen LogP contribution in [0.2, 0.25) is 0 Å². The summed E-state index contributed by atoms with van der Waals surface area (Å²) in [7, 11) is 1.81. The van der Waals surface area contributed by atoms with Gasteiger partial charge in [0, 0.05) is 13.5 Å². The number of ether oxygens (including phenoxy) is 1. The number of fused-ring (bicyclic) bond motifs is 1. The van der Waals surface area contributed by atoms with Crippen molar-refractivity contribution in [2.24, 2.45) is 0 Å². The summed E-state index contributed by atoms with van der Waals surface area (Å²) >= 11 is 0. The second-order valence-electron chi connectivity index (χ2n) is 4.85. The van der Waals surface area contributed by atoms with E-state index in [-0.39, 0.29) is 12.8 Å². The molecule has 2 aliphatic rings. The van der Waals surface area contributed by atoms with Crippen molar-refractivity contribution in [1.82, 2.24) is 14.5 Å². The maximum absolute atomic E-state index is 9.77. The summed E-state index contributed by atoms with van der Waals surface area (Å²) in [5, 5.41) is 30.0. The summed E-state index contributed by atoms with van der Waals surface area (Å²) < 4.78 is 7.37. The van der Waals surface area contributed by atoms with Crippen LogP contribution in [0.4, 0.5) is 5.82 Å². The van der Waals surface area contributed by atoms with Crippen LogP contribution in [0.5, 0.6) is 0 Å². The number of hydrogen-bond donors (Lipinski definition) is 4. The molecule has 2 aliphatic heterocycles. The number of hydrogen-bond acceptors (Lipinski definition) is 6. The van der Waals surface area contributed by atoms with E-state index in [0.717, 1.165) is 5.82 Å². The third kappa shape index (κ3) is 1.88. The SMILES string of the molecule is CN1CNc2c(ncn2[C@H]2C[C@H](O)[C@@H](CO)O2)C1=N. The van der Waals surface area contributed by atoms with Gasteiger partial charge < -0.3 is 25.2 Å². The van der Waals surface area contributed by atoms with E-state index in [1.54, 1.807) is 15.8 Å². The molecular weight excluding hydrogens is 250 g/mol. The lowest BCUT2D eigenvalue weighted by Gasteiger charge is -2.27. The Morgan fingerprint density at radius 3 is 3.11 bits per heavy atom. The predicted octanol–water partition coefficient (Wildman–Crippen LogP) is -0.836. The van der Waals surface area contributed by atoms with Crippen LogP contribution in [-0.2, 0) is 4.74 Å². The van der Waals surface area contributed by atoms with Gasteiger partial charge in [0.25, 0.3) is 0 Å². The zero-order valence-electron chi connectivity index (χ0n) is 10.6. The number of aliphatic hydroxyl groups is 2. The van der Waals surface area contributed by atoms with Crippen LogP contribution in [0.3, 0.4) is 0 Å². The topological polar surface area (TPSA) is 107 Å². The second-order valence-corrected chi connectivity index (χ2v) is 4.85. The third-order valence-corrected chi connectivity index (χ3v) is 3.58. The molecule has 0 unspecified atom stereocenters. The summed E-state index contributed by atoms with van der Waals surface area (Å²) in [5.41, 5.74) is 0.569. The summed E-state index contributed by atoms with van der Waals surface area (Å²) in [4.78, 5) is 5.97. The van der Waals surface area contributed by atoms with Crippen LogP contribution in [0.15, 0.2) is 6.33 Å². The van der Waals surface area contributed by atoms with Crippen molar-refractivity contribution in [2.45, 2.75) is 24.9 Å². The van der Waals surface area contributed by atoms with Crippen molar-refractivity contribution < 1.29 is 14.9 Å². The average molecular weight is 267 g/mol. The van der Waals surface area contributed by atoms with Crippen molar-refractivity contribution in [3.8, 4) is 0 Å². The van der Waals surface area contributed by atoms with E-state index < -0.39 is 12.2 Å². The Bertz CT molecular complexity index is 503. The van der Waals surface area contributed by atoms with Gasteiger partial charge in [-0.3, -0.25) is 9.98 Å². The molecule has 3 atom stereocenters. The first kappa shape index (κ1) is 12.4. The number of amidine groups is 1. The van der Waals surface area contributed by atoms with Crippen LogP contribution < -0.4 is 5.32 Å². The number of anilines is 1. The number of nitrogens with one attached hydrogen (secondary N) is 2. The molecule has 1 aromatic rings. The normalized spacial score (nSPS) is 30.4. The van der Waals surface area contributed by atoms with Gasteiger partial charge in [-0.2, -0.15) is 0 Å². The van der Waals surface area contributed by atoms with Gasteiger partial charge in [-0.25, -0.2) is 4.98 Å². The Morgan fingerprint density at radius 2 is 2.42 bits per heavy atom. The molecule has 0 spiro atoms. The molecule has 3 heterocycles. The van der Waals surface area contributed by atoms with E-state index in [4.69, 9.17) is 15.3 Å². The van der Waals surface area contributed by atoms with Gasteiger partial charge in [0.15, 0.2) is 5.84 Å². The molecule has 0 amide bonds. The molecular formula is C11H17N5O3. The van der Waals surface area contributed by atoms with Crippen molar-refractivity contribution in [2.75, 3.05) is 25.6 Å². The first-order valence-corrected chi connectivity index (χ1v) is 6.17. The monoisotopic (exact) mass is 267 g/mol. The molecule has 8 heteroatoms. The van der Waals surface area contributed by atoms with Crippen LogP contribution in [0, 0.1) is 5.41 Å². The van der Waals surface area contributed by atoms with E-state index in [2.05, 4.69) is 10.3 Å². The van der Waals surface area contributed by atoms with Gasteiger partial charge in [0.2, 0.25) is 0 Å².